The maximum atomic E-state index is 9.81. The number of aliphatic hydroxyl groups is 1. The largest absolute Gasteiger partial charge is 0.496 e. The van der Waals surface area contributed by atoms with Gasteiger partial charge in [0.2, 0.25) is 0 Å². The third kappa shape index (κ3) is 4.20. The highest BCUT2D eigenvalue weighted by Crippen LogP contribution is 2.29. The van der Waals surface area contributed by atoms with Gasteiger partial charge in [-0.15, -0.1) is 0 Å². The molecule has 2 N–H and O–H groups in total. The van der Waals surface area contributed by atoms with Crippen molar-refractivity contribution in [1.82, 2.24) is 10.2 Å². The minimum absolute atomic E-state index is 0.0334. The summed E-state index contributed by atoms with van der Waals surface area (Å²) < 4.78 is 5.40. The molecule has 0 saturated heterocycles. The maximum Gasteiger partial charge on any atom is 0.123 e. The van der Waals surface area contributed by atoms with Gasteiger partial charge in [-0.05, 0) is 26.1 Å². The molecular formula is C16H28N2O2. The van der Waals surface area contributed by atoms with E-state index in [4.69, 9.17) is 4.74 Å². The molecule has 0 spiro atoms. The second kappa shape index (κ2) is 8.25. The molecule has 20 heavy (non-hydrogen) atoms. The highest BCUT2D eigenvalue weighted by molar-refractivity contribution is 5.38. The number of rotatable bonds is 9. The Hall–Kier alpha value is -1.10. The van der Waals surface area contributed by atoms with E-state index in [1.54, 1.807) is 7.11 Å². The Morgan fingerprint density at radius 1 is 1.25 bits per heavy atom. The van der Waals surface area contributed by atoms with Crippen LogP contribution >= 0.6 is 0 Å². The topological polar surface area (TPSA) is 44.7 Å². The Balaban J connectivity index is 2.76. The number of hydrogen-bond donors (Lipinski definition) is 2. The number of benzene rings is 1. The van der Waals surface area contributed by atoms with Gasteiger partial charge in [0.15, 0.2) is 0 Å². The first-order chi connectivity index (χ1) is 9.61. The lowest BCUT2D eigenvalue weighted by molar-refractivity contribution is 0.165. The molecular weight excluding hydrogens is 252 g/mol. The monoisotopic (exact) mass is 280 g/mol. The molecule has 0 aliphatic rings. The molecule has 0 aliphatic heterocycles. The van der Waals surface area contributed by atoms with Crippen LogP contribution in [0.3, 0.4) is 0 Å². The minimum atomic E-state index is -0.486. The molecule has 0 amide bonds. The highest BCUT2D eigenvalue weighted by atomic mass is 16.5. The summed E-state index contributed by atoms with van der Waals surface area (Å²) in [5.74, 6) is 0.805. The van der Waals surface area contributed by atoms with E-state index in [-0.39, 0.29) is 6.61 Å². The van der Waals surface area contributed by atoms with Crippen molar-refractivity contribution in [2.45, 2.75) is 26.3 Å². The van der Waals surface area contributed by atoms with Crippen LogP contribution in [0.1, 0.15) is 26.3 Å². The first-order valence-corrected chi connectivity index (χ1v) is 7.33. The lowest BCUT2D eigenvalue weighted by Gasteiger charge is -2.32. The standard InChI is InChI=1S/C16H28N2O2/c1-5-18(6-2)12-11-17-16(3,13-19)14-9-7-8-10-15(14)20-4/h7-10,17,19H,5-6,11-13H2,1-4H3. The van der Waals surface area contributed by atoms with Crippen LogP contribution in [-0.2, 0) is 5.54 Å². The van der Waals surface area contributed by atoms with Gasteiger partial charge in [0.1, 0.15) is 5.75 Å². The second-order valence-corrected chi connectivity index (χ2v) is 5.14. The summed E-state index contributed by atoms with van der Waals surface area (Å²) >= 11 is 0. The van der Waals surface area contributed by atoms with Crippen molar-refractivity contribution >= 4 is 0 Å². The van der Waals surface area contributed by atoms with Crippen molar-refractivity contribution in [3.8, 4) is 5.75 Å². The molecule has 114 valence electrons. The number of hydrogen-bond acceptors (Lipinski definition) is 4. The number of likely N-dealkylation sites (N-methyl/N-ethyl adjacent to an activating group) is 1. The molecule has 4 nitrogen and oxygen atoms in total. The molecule has 1 aromatic rings. The first-order valence-electron chi connectivity index (χ1n) is 7.33. The molecule has 0 bridgehead atoms. The van der Waals surface area contributed by atoms with Crippen molar-refractivity contribution in [2.75, 3.05) is 39.9 Å². The van der Waals surface area contributed by atoms with Gasteiger partial charge >= 0.3 is 0 Å². The van der Waals surface area contributed by atoms with Crippen molar-refractivity contribution in [3.63, 3.8) is 0 Å². The summed E-state index contributed by atoms with van der Waals surface area (Å²) in [4.78, 5) is 2.35. The Kier molecular flexibility index (Phi) is 6.99. The van der Waals surface area contributed by atoms with Crippen LogP contribution in [0.5, 0.6) is 5.75 Å². The fraction of sp³-hybridized carbons (Fsp3) is 0.625. The second-order valence-electron chi connectivity index (χ2n) is 5.14. The molecule has 4 heteroatoms. The summed E-state index contributed by atoms with van der Waals surface area (Å²) in [7, 11) is 1.66. The van der Waals surface area contributed by atoms with Crippen molar-refractivity contribution in [2.24, 2.45) is 0 Å². The van der Waals surface area contributed by atoms with E-state index in [1.165, 1.54) is 0 Å². The van der Waals surface area contributed by atoms with Crippen molar-refractivity contribution in [1.29, 1.82) is 0 Å². The molecule has 0 aromatic heterocycles. The zero-order valence-electron chi connectivity index (χ0n) is 13.1. The molecule has 0 aliphatic carbocycles. The Labute approximate surface area is 122 Å². The fourth-order valence-corrected chi connectivity index (χ4v) is 2.37. The van der Waals surface area contributed by atoms with Crippen LogP contribution in [0.4, 0.5) is 0 Å². The molecule has 1 aromatic carbocycles. The van der Waals surface area contributed by atoms with Gasteiger partial charge in [0.05, 0.1) is 19.3 Å². The van der Waals surface area contributed by atoms with Gasteiger partial charge in [0, 0.05) is 18.7 Å². The number of para-hydroxylation sites is 1. The molecule has 1 atom stereocenters. The summed E-state index contributed by atoms with van der Waals surface area (Å²) in [6.45, 7) is 10.3. The molecule has 0 heterocycles. The van der Waals surface area contributed by atoms with Gasteiger partial charge in [-0.25, -0.2) is 0 Å². The summed E-state index contributed by atoms with van der Waals surface area (Å²) in [5.41, 5.74) is 0.504. The predicted molar refractivity (Wildman–Crippen MR) is 83.2 cm³/mol. The molecule has 0 fully saturated rings. The summed E-state index contributed by atoms with van der Waals surface area (Å²) in [6, 6.07) is 7.84. The van der Waals surface area contributed by atoms with Gasteiger partial charge in [0.25, 0.3) is 0 Å². The number of aliphatic hydroxyl groups excluding tert-OH is 1. The lowest BCUT2D eigenvalue weighted by Crippen LogP contribution is -2.46. The van der Waals surface area contributed by atoms with Crippen LogP contribution in [0.2, 0.25) is 0 Å². The summed E-state index contributed by atoms with van der Waals surface area (Å²) in [5, 5.41) is 13.3. The van der Waals surface area contributed by atoms with Crippen LogP contribution in [0.25, 0.3) is 0 Å². The van der Waals surface area contributed by atoms with Crippen LogP contribution in [0.15, 0.2) is 24.3 Å². The average Bonchev–Trinajstić information content (AvgIpc) is 2.51. The molecule has 0 saturated carbocycles. The van der Waals surface area contributed by atoms with E-state index in [0.717, 1.165) is 37.5 Å². The summed E-state index contributed by atoms with van der Waals surface area (Å²) in [6.07, 6.45) is 0. The third-order valence-electron chi connectivity index (χ3n) is 3.86. The van der Waals surface area contributed by atoms with E-state index in [0.29, 0.717) is 0 Å². The number of methoxy groups -OCH3 is 1. The number of nitrogens with one attached hydrogen (secondary N) is 1. The molecule has 0 radical (unpaired) electrons. The quantitative estimate of drug-likeness (QED) is 0.724. The maximum absolute atomic E-state index is 9.81. The molecule has 1 rings (SSSR count). The smallest absolute Gasteiger partial charge is 0.123 e. The third-order valence-corrected chi connectivity index (χ3v) is 3.86. The lowest BCUT2D eigenvalue weighted by atomic mass is 9.92. The Morgan fingerprint density at radius 3 is 2.45 bits per heavy atom. The van der Waals surface area contributed by atoms with Gasteiger partial charge in [-0.1, -0.05) is 32.0 Å². The van der Waals surface area contributed by atoms with E-state index in [1.807, 2.05) is 31.2 Å². The average molecular weight is 280 g/mol. The predicted octanol–water partition coefficient (Wildman–Crippen LogP) is 1.83. The van der Waals surface area contributed by atoms with E-state index >= 15 is 0 Å². The SMILES string of the molecule is CCN(CC)CCNC(C)(CO)c1ccccc1OC. The van der Waals surface area contributed by atoms with Gasteiger partial charge < -0.3 is 20.1 Å². The first kappa shape index (κ1) is 17.0. The van der Waals surface area contributed by atoms with E-state index < -0.39 is 5.54 Å². The Bertz CT molecular complexity index is 394. The van der Waals surface area contributed by atoms with E-state index in [2.05, 4.69) is 24.1 Å². The van der Waals surface area contributed by atoms with E-state index in [9.17, 15) is 5.11 Å². The van der Waals surface area contributed by atoms with Crippen LogP contribution < -0.4 is 10.1 Å². The zero-order chi connectivity index (χ0) is 15.0. The van der Waals surface area contributed by atoms with Gasteiger partial charge in [-0.3, -0.25) is 0 Å². The Morgan fingerprint density at radius 2 is 1.90 bits per heavy atom. The van der Waals surface area contributed by atoms with Crippen molar-refractivity contribution in [3.05, 3.63) is 29.8 Å². The van der Waals surface area contributed by atoms with Crippen molar-refractivity contribution < 1.29 is 9.84 Å². The van der Waals surface area contributed by atoms with Gasteiger partial charge in [-0.2, -0.15) is 0 Å². The molecule has 1 unspecified atom stereocenters. The van der Waals surface area contributed by atoms with Crippen LogP contribution in [-0.4, -0.2) is 49.9 Å². The minimum Gasteiger partial charge on any atom is -0.496 e. The fourth-order valence-electron chi connectivity index (χ4n) is 2.37. The van der Waals surface area contributed by atoms with Crippen LogP contribution in [0, 0.1) is 0 Å². The normalized spacial score (nSPS) is 14.3. The number of nitrogens with zero attached hydrogens (tertiary/aromatic N) is 1. The zero-order valence-corrected chi connectivity index (χ0v) is 13.1. The highest BCUT2D eigenvalue weighted by Gasteiger charge is 2.28. The number of ether oxygens (including phenoxy) is 1.